The summed E-state index contributed by atoms with van der Waals surface area (Å²) in [5.74, 6) is 0. The quantitative estimate of drug-likeness (QED) is 0.169. The van der Waals surface area contributed by atoms with Gasteiger partial charge in [0, 0.05) is 32.6 Å². The first-order valence-corrected chi connectivity index (χ1v) is 21.3. The molecule has 0 amide bonds. The van der Waals surface area contributed by atoms with Gasteiger partial charge in [-0.25, -0.2) is 0 Å². The number of aromatic nitrogens is 2. The topological polar surface area (TPSA) is 9.86 Å². The van der Waals surface area contributed by atoms with Crippen LogP contribution in [-0.4, -0.2) is 9.13 Å². The highest BCUT2D eigenvalue weighted by Crippen LogP contribution is 2.63. The monoisotopic (exact) mass is 772 g/mol. The van der Waals surface area contributed by atoms with Gasteiger partial charge in [-0.3, -0.25) is 0 Å². The smallest absolute Gasteiger partial charge is 0.0726 e. The summed E-state index contributed by atoms with van der Waals surface area (Å²) >= 11 is 0. The van der Waals surface area contributed by atoms with E-state index in [0.29, 0.717) is 0 Å². The first kappa shape index (κ1) is 33.0. The van der Waals surface area contributed by atoms with Crippen LogP contribution in [0.3, 0.4) is 0 Å². The average molecular weight is 773 g/mol. The molecular weight excluding hydrogens is 737 g/mol. The summed E-state index contributed by atoms with van der Waals surface area (Å²) < 4.78 is 4.91. The summed E-state index contributed by atoms with van der Waals surface area (Å²) in [6.45, 7) is 0. The lowest BCUT2D eigenvalue weighted by molar-refractivity contribution is 0.793. The van der Waals surface area contributed by atoms with Crippen molar-refractivity contribution in [1.82, 2.24) is 9.13 Å². The second kappa shape index (κ2) is 12.1. The highest BCUT2D eigenvalue weighted by atomic mass is 15.0. The van der Waals surface area contributed by atoms with Crippen LogP contribution in [0.4, 0.5) is 0 Å². The Morgan fingerprint density at radius 3 is 1.46 bits per heavy atom. The normalized spacial score (nSPS) is 13.4. The zero-order chi connectivity index (χ0) is 39.8. The van der Waals surface area contributed by atoms with Crippen molar-refractivity contribution >= 4 is 54.4 Å². The minimum atomic E-state index is -0.489. The van der Waals surface area contributed by atoms with E-state index in [1.54, 1.807) is 0 Å². The van der Waals surface area contributed by atoms with Gasteiger partial charge in [-0.2, -0.15) is 0 Å². The minimum absolute atomic E-state index is 0.489. The van der Waals surface area contributed by atoms with Crippen molar-refractivity contribution in [2.45, 2.75) is 5.41 Å². The third-order valence-electron chi connectivity index (χ3n) is 13.9. The molecule has 2 aliphatic carbocycles. The molecule has 0 unspecified atom stereocenters. The van der Waals surface area contributed by atoms with Crippen molar-refractivity contribution in [2.24, 2.45) is 0 Å². The van der Waals surface area contributed by atoms with Crippen LogP contribution in [0.25, 0.3) is 99.1 Å². The van der Waals surface area contributed by atoms with Crippen molar-refractivity contribution < 1.29 is 0 Å². The minimum Gasteiger partial charge on any atom is -0.309 e. The molecule has 0 saturated heterocycles. The number of hydrogen-bond donors (Lipinski definition) is 0. The summed E-state index contributed by atoms with van der Waals surface area (Å²) in [5.41, 5.74) is 19.8. The highest BCUT2D eigenvalue weighted by molar-refractivity contribution is 6.12. The second-order valence-electron chi connectivity index (χ2n) is 16.8. The van der Waals surface area contributed by atoms with Crippen molar-refractivity contribution in [3.05, 3.63) is 241 Å². The number of para-hydroxylation sites is 3. The molecule has 14 rings (SSSR count). The number of hydrogen-bond acceptors (Lipinski definition) is 0. The van der Waals surface area contributed by atoms with Crippen LogP contribution in [0.2, 0.25) is 0 Å². The summed E-state index contributed by atoms with van der Waals surface area (Å²) in [5, 5.41) is 7.55. The molecule has 10 aromatic carbocycles. The maximum Gasteiger partial charge on any atom is 0.0726 e. The first-order valence-electron chi connectivity index (χ1n) is 21.3. The van der Waals surface area contributed by atoms with Gasteiger partial charge in [-0.1, -0.05) is 164 Å². The van der Waals surface area contributed by atoms with E-state index < -0.39 is 5.41 Å². The molecule has 0 radical (unpaired) electrons. The van der Waals surface area contributed by atoms with Crippen LogP contribution < -0.4 is 0 Å². The first-order chi connectivity index (χ1) is 30.3. The third kappa shape index (κ3) is 4.26. The predicted molar refractivity (Wildman–Crippen MR) is 254 cm³/mol. The number of benzene rings is 10. The summed E-state index contributed by atoms with van der Waals surface area (Å²) in [7, 11) is 0. The van der Waals surface area contributed by atoms with Crippen LogP contribution in [0, 0.1) is 0 Å². The molecule has 0 saturated carbocycles. The number of nitrogens with zero attached hydrogens (tertiary/aromatic N) is 2. The van der Waals surface area contributed by atoms with Gasteiger partial charge in [0.15, 0.2) is 0 Å². The van der Waals surface area contributed by atoms with Crippen LogP contribution in [0.5, 0.6) is 0 Å². The molecule has 2 heterocycles. The number of rotatable bonds is 3. The summed E-state index contributed by atoms with van der Waals surface area (Å²) in [4.78, 5) is 0. The molecule has 0 aliphatic heterocycles. The molecule has 2 aromatic heterocycles. The lowest BCUT2D eigenvalue weighted by atomic mass is 9.70. The SMILES string of the molecule is c1ccc2c(c1)-c1ccccc1C21c2cc(-c3ccc4c(c3)c3ccccc3n4-c3cccc4ccccc34)ccc2-c2ccc(-n3c4ccccc4c4ccccc43)cc21. The van der Waals surface area contributed by atoms with Crippen LogP contribution in [0.1, 0.15) is 22.3 Å². The summed E-state index contributed by atoms with van der Waals surface area (Å²) in [6, 6.07) is 81.7. The van der Waals surface area contributed by atoms with E-state index in [4.69, 9.17) is 0 Å². The molecule has 0 fully saturated rings. The molecular formula is C59H36N2. The maximum atomic E-state index is 2.51. The third-order valence-corrected chi connectivity index (χ3v) is 13.9. The molecule has 2 heteroatoms. The molecule has 2 aliphatic rings. The van der Waals surface area contributed by atoms with Crippen molar-refractivity contribution in [1.29, 1.82) is 0 Å². The van der Waals surface area contributed by atoms with Gasteiger partial charge in [0.1, 0.15) is 0 Å². The standard InChI is InChI=1S/C59H36N2/c1-2-16-41-37(14-1)15-13-27-54(41)61-57-26-12-7-21-48(57)49-34-38(29-33-58(49)61)39-28-31-44-45-32-30-40(60-55-24-10-5-19-46(55)47-20-6-11-25-56(47)60)36-53(45)59(52(44)35-39)50-22-8-3-17-42(50)43-18-4-9-23-51(43)59/h1-36H. The molecule has 1 spiro atoms. The lowest BCUT2D eigenvalue weighted by Crippen LogP contribution is -2.26. The molecule has 0 N–H and O–H groups in total. The fraction of sp³-hybridized carbons (Fsp3) is 0.0169. The van der Waals surface area contributed by atoms with Gasteiger partial charge in [0.05, 0.1) is 33.2 Å². The molecule has 0 atom stereocenters. The zero-order valence-corrected chi connectivity index (χ0v) is 33.2. The van der Waals surface area contributed by atoms with Gasteiger partial charge in [-0.05, 0) is 116 Å². The average Bonchev–Trinajstić information content (AvgIpc) is 4.03. The van der Waals surface area contributed by atoms with E-state index in [0.717, 1.165) is 0 Å². The largest absolute Gasteiger partial charge is 0.309 e. The van der Waals surface area contributed by atoms with Crippen molar-refractivity contribution in [3.8, 4) is 44.8 Å². The van der Waals surface area contributed by atoms with E-state index in [-0.39, 0.29) is 0 Å². The molecule has 282 valence electrons. The molecule has 2 nitrogen and oxygen atoms in total. The Balaban J connectivity index is 1.01. The predicted octanol–water partition coefficient (Wildman–Crippen LogP) is 15.0. The van der Waals surface area contributed by atoms with E-state index in [9.17, 15) is 0 Å². The Morgan fingerprint density at radius 2 is 0.754 bits per heavy atom. The maximum absolute atomic E-state index is 2.51. The molecule has 61 heavy (non-hydrogen) atoms. The molecule has 12 aromatic rings. The van der Waals surface area contributed by atoms with E-state index in [1.807, 2.05) is 0 Å². The fourth-order valence-electron chi connectivity index (χ4n) is 11.5. The van der Waals surface area contributed by atoms with Gasteiger partial charge in [-0.15, -0.1) is 0 Å². The van der Waals surface area contributed by atoms with Crippen molar-refractivity contribution in [2.75, 3.05) is 0 Å². The van der Waals surface area contributed by atoms with Gasteiger partial charge in [0.2, 0.25) is 0 Å². The van der Waals surface area contributed by atoms with Gasteiger partial charge < -0.3 is 9.13 Å². The second-order valence-corrected chi connectivity index (χ2v) is 16.8. The van der Waals surface area contributed by atoms with Crippen LogP contribution in [0.15, 0.2) is 218 Å². The Hall–Kier alpha value is -7.94. The zero-order valence-electron chi connectivity index (χ0n) is 33.2. The Labute approximate surface area is 352 Å². The lowest BCUT2D eigenvalue weighted by Gasteiger charge is -2.31. The Bertz CT molecular complexity index is 3730. The Kier molecular flexibility index (Phi) is 6.52. The van der Waals surface area contributed by atoms with Gasteiger partial charge >= 0.3 is 0 Å². The van der Waals surface area contributed by atoms with Crippen LogP contribution in [-0.2, 0) is 5.41 Å². The molecule has 0 bridgehead atoms. The van der Waals surface area contributed by atoms with E-state index >= 15 is 0 Å². The highest BCUT2D eigenvalue weighted by Gasteiger charge is 2.51. The summed E-state index contributed by atoms with van der Waals surface area (Å²) in [6.07, 6.45) is 0. The van der Waals surface area contributed by atoms with Crippen LogP contribution >= 0.6 is 0 Å². The Morgan fingerprint density at radius 1 is 0.279 bits per heavy atom. The van der Waals surface area contributed by atoms with E-state index in [1.165, 1.54) is 121 Å². The van der Waals surface area contributed by atoms with Gasteiger partial charge in [0.25, 0.3) is 0 Å². The van der Waals surface area contributed by atoms with Crippen molar-refractivity contribution in [3.63, 3.8) is 0 Å². The fourth-order valence-corrected chi connectivity index (χ4v) is 11.5. The number of fused-ring (bicyclic) bond motifs is 17. The van der Waals surface area contributed by atoms with E-state index in [2.05, 4.69) is 228 Å².